The number of ether oxygens (including phenoxy) is 1. The standard InChI is InChI=1S/C25H32N8O2/c1-16(2)35-20-14-33(15-20)25(34)31-23-12-26-8-6-17-10-18(4-5-21(17)23)22-7-9-27-24(30-22)29-19-11-28-32(3)13-19/h4-5,7,9-11,13,16,20,23,26H,6,8,12,14-15H2,1-3H3,(H,31,34)(H,27,29,30). The Morgan fingerprint density at radius 1 is 1.26 bits per heavy atom. The number of fused-ring (bicyclic) bond motifs is 1. The number of hydrogen-bond acceptors (Lipinski definition) is 7. The van der Waals surface area contributed by atoms with Gasteiger partial charge in [-0.15, -0.1) is 0 Å². The van der Waals surface area contributed by atoms with Crippen molar-refractivity contribution in [2.24, 2.45) is 7.05 Å². The summed E-state index contributed by atoms with van der Waals surface area (Å²) in [5, 5.41) is 14.0. The minimum Gasteiger partial charge on any atom is -0.372 e. The highest BCUT2D eigenvalue weighted by atomic mass is 16.5. The second-order valence-electron chi connectivity index (χ2n) is 9.37. The highest BCUT2D eigenvalue weighted by Gasteiger charge is 2.33. The Kier molecular flexibility index (Phi) is 6.65. The molecule has 0 aliphatic carbocycles. The summed E-state index contributed by atoms with van der Waals surface area (Å²) < 4.78 is 7.50. The molecule has 3 N–H and O–H groups in total. The third-order valence-electron chi connectivity index (χ3n) is 6.25. The number of aryl methyl sites for hydroxylation is 1. The molecule has 2 aromatic heterocycles. The van der Waals surface area contributed by atoms with Gasteiger partial charge in [-0.05, 0) is 50.1 Å². The van der Waals surface area contributed by atoms with Crippen LogP contribution >= 0.6 is 0 Å². The van der Waals surface area contributed by atoms with Gasteiger partial charge in [0.2, 0.25) is 5.95 Å². The highest BCUT2D eigenvalue weighted by molar-refractivity contribution is 5.76. The van der Waals surface area contributed by atoms with Gasteiger partial charge in [-0.2, -0.15) is 5.10 Å². The van der Waals surface area contributed by atoms with Crippen molar-refractivity contribution in [1.82, 2.24) is 35.3 Å². The molecule has 2 aliphatic rings. The molecule has 0 bridgehead atoms. The minimum atomic E-state index is -0.0904. The number of aromatic nitrogens is 4. The van der Waals surface area contributed by atoms with Crippen molar-refractivity contribution in [3.63, 3.8) is 0 Å². The molecule has 1 saturated heterocycles. The second-order valence-corrected chi connectivity index (χ2v) is 9.37. The zero-order chi connectivity index (χ0) is 24.4. The second kappa shape index (κ2) is 10.0. The van der Waals surface area contributed by atoms with Gasteiger partial charge in [-0.1, -0.05) is 12.1 Å². The molecule has 1 fully saturated rings. The van der Waals surface area contributed by atoms with Crippen LogP contribution in [0.15, 0.2) is 42.9 Å². The van der Waals surface area contributed by atoms with Crippen LogP contribution in [0.2, 0.25) is 0 Å². The fraction of sp³-hybridized carbons (Fsp3) is 0.440. The summed E-state index contributed by atoms with van der Waals surface area (Å²) in [5.74, 6) is 0.520. The number of nitrogens with one attached hydrogen (secondary N) is 3. The average Bonchev–Trinajstić information content (AvgIpc) is 3.11. The Labute approximate surface area is 205 Å². The van der Waals surface area contributed by atoms with Crippen LogP contribution in [0, 0.1) is 0 Å². The Morgan fingerprint density at radius 2 is 2.11 bits per heavy atom. The molecule has 1 unspecified atom stereocenters. The van der Waals surface area contributed by atoms with E-state index < -0.39 is 0 Å². The maximum atomic E-state index is 12.8. The minimum absolute atomic E-state index is 0.0424. The van der Waals surface area contributed by atoms with Crippen molar-refractivity contribution in [1.29, 1.82) is 0 Å². The van der Waals surface area contributed by atoms with Gasteiger partial charge in [-0.25, -0.2) is 14.8 Å². The molecule has 0 radical (unpaired) electrons. The van der Waals surface area contributed by atoms with Crippen LogP contribution in [0.5, 0.6) is 0 Å². The van der Waals surface area contributed by atoms with Gasteiger partial charge in [0.1, 0.15) is 0 Å². The van der Waals surface area contributed by atoms with Crippen LogP contribution in [0.25, 0.3) is 11.3 Å². The number of carbonyl (C=O) groups excluding carboxylic acids is 1. The Hall–Kier alpha value is -3.50. The third kappa shape index (κ3) is 5.44. The summed E-state index contributed by atoms with van der Waals surface area (Å²) in [6.45, 7) is 6.87. The average molecular weight is 477 g/mol. The molecular weight excluding hydrogens is 444 g/mol. The molecule has 1 aromatic carbocycles. The van der Waals surface area contributed by atoms with Crippen LogP contribution in [0.4, 0.5) is 16.4 Å². The van der Waals surface area contributed by atoms with Crippen LogP contribution in [-0.2, 0) is 18.2 Å². The van der Waals surface area contributed by atoms with Crippen molar-refractivity contribution in [3.05, 3.63) is 54.0 Å². The monoisotopic (exact) mass is 476 g/mol. The number of hydrogen-bond donors (Lipinski definition) is 3. The SMILES string of the molecule is CC(C)OC1CN(C(=O)NC2CNCCc3cc(-c4ccnc(Nc5cnn(C)c5)n4)ccc32)C1. The summed E-state index contributed by atoms with van der Waals surface area (Å²) in [6.07, 6.45) is 6.55. The zero-order valence-corrected chi connectivity index (χ0v) is 20.4. The van der Waals surface area contributed by atoms with Gasteiger partial charge >= 0.3 is 6.03 Å². The smallest absolute Gasteiger partial charge is 0.318 e. The number of benzene rings is 1. The molecule has 10 nitrogen and oxygen atoms in total. The molecule has 0 spiro atoms. The molecule has 5 rings (SSSR count). The molecule has 2 aliphatic heterocycles. The fourth-order valence-electron chi connectivity index (χ4n) is 4.54. The van der Waals surface area contributed by atoms with Gasteiger partial charge in [0, 0.05) is 31.5 Å². The lowest BCUT2D eigenvalue weighted by molar-refractivity contribution is -0.0644. The maximum absolute atomic E-state index is 12.8. The number of nitrogens with zero attached hydrogens (tertiary/aromatic N) is 5. The molecule has 2 amide bonds. The molecule has 1 atom stereocenters. The number of carbonyl (C=O) groups is 1. The summed E-state index contributed by atoms with van der Waals surface area (Å²) in [5.41, 5.74) is 5.04. The van der Waals surface area contributed by atoms with Crippen molar-refractivity contribution >= 4 is 17.7 Å². The summed E-state index contributed by atoms with van der Waals surface area (Å²) >= 11 is 0. The Bertz CT molecular complexity index is 1190. The van der Waals surface area contributed by atoms with E-state index in [-0.39, 0.29) is 24.3 Å². The van der Waals surface area contributed by atoms with E-state index in [9.17, 15) is 4.79 Å². The summed E-state index contributed by atoms with van der Waals surface area (Å²) in [7, 11) is 1.87. The van der Waals surface area contributed by atoms with Crippen LogP contribution in [-0.4, -0.2) is 69.1 Å². The molecule has 4 heterocycles. The first kappa shape index (κ1) is 23.3. The van der Waals surface area contributed by atoms with Gasteiger partial charge in [-0.3, -0.25) is 4.68 Å². The topological polar surface area (TPSA) is 109 Å². The van der Waals surface area contributed by atoms with E-state index in [1.165, 1.54) is 5.56 Å². The first-order chi connectivity index (χ1) is 16.9. The Morgan fingerprint density at radius 3 is 2.89 bits per heavy atom. The normalized spacial score (nSPS) is 18.1. The van der Waals surface area contributed by atoms with Crippen LogP contribution < -0.4 is 16.0 Å². The van der Waals surface area contributed by atoms with Crippen LogP contribution in [0.1, 0.15) is 31.0 Å². The molecular formula is C25H32N8O2. The molecule has 184 valence electrons. The van der Waals surface area contributed by atoms with Gasteiger partial charge in [0.15, 0.2) is 0 Å². The van der Waals surface area contributed by atoms with E-state index in [4.69, 9.17) is 9.72 Å². The van der Waals surface area contributed by atoms with Crippen molar-refractivity contribution < 1.29 is 9.53 Å². The van der Waals surface area contributed by atoms with E-state index in [2.05, 4.69) is 44.2 Å². The van der Waals surface area contributed by atoms with Crippen molar-refractivity contribution in [2.75, 3.05) is 31.5 Å². The largest absolute Gasteiger partial charge is 0.372 e. The van der Waals surface area contributed by atoms with E-state index in [1.54, 1.807) is 17.1 Å². The van der Waals surface area contributed by atoms with E-state index in [0.29, 0.717) is 25.6 Å². The first-order valence-corrected chi connectivity index (χ1v) is 12.1. The van der Waals surface area contributed by atoms with Gasteiger partial charge < -0.3 is 25.6 Å². The molecule has 0 saturated carbocycles. The van der Waals surface area contributed by atoms with E-state index >= 15 is 0 Å². The Balaban J connectivity index is 1.29. The van der Waals surface area contributed by atoms with E-state index in [0.717, 1.165) is 35.5 Å². The maximum Gasteiger partial charge on any atom is 0.318 e. The summed E-state index contributed by atoms with van der Waals surface area (Å²) in [6, 6.07) is 8.12. The molecule has 10 heteroatoms. The third-order valence-corrected chi connectivity index (χ3v) is 6.25. The van der Waals surface area contributed by atoms with Gasteiger partial charge in [0.25, 0.3) is 0 Å². The number of amides is 2. The first-order valence-electron chi connectivity index (χ1n) is 12.1. The molecule has 3 aromatic rings. The van der Waals surface area contributed by atoms with Crippen LogP contribution in [0.3, 0.4) is 0 Å². The predicted octanol–water partition coefficient (Wildman–Crippen LogP) is 2.63. The lowest BCUT2D eigenvalue weighted by atomic mass is 9.96. The zero-order valence-electron chi connectivity index (χ0n) is 20.4. The predicted molar refractivity (Wildman–Crippen MR) is 133 cm³/mol. The van der Waals surface area contributed by atoms with Crippen molar-refractivity contribution in [2.45, 2.75) is 38.5 Å². The van der Waals surface area contributed by atoms with E-state index in [1.807, 2.05) is 38.1 Å². The number of urea groups is 1. The highest BCUT2D eigenvalue weighted by Crippen LogP contribution is 2.28. The fourth-order valence-corrected chi connectivity index (χ4v) is 4.54. The van der Waals surface area contributed by atoms with Crippen molar-refractivity contribution in [3.8, 4) is 11.3 Å². The van der Waals surface area contributed by atoms with Gasteiger partial charge in [0.05, 0.1) is 48.9 Å². The number of anilines is 2. The quantitative estimate of drug-likeness (QED) is 0.502. The lowest BCUT2D eigenvalue weighted by Crippen LogP contribution is -2.58. The molecule has 35 heavy (non-hydrogen) atoms. The summed E-state index contributed by atoms with van der Waals surface area (Å²) in [4.78, 5) is 23.7. The number of rotatable bonds is 6. The lowest BCUT2D eigenvalue weighted by Gasteiger charge is -2.40. The number of likely N-dealkylation sites (tertiary alicyclic amines) is 1.